The van der Waals surface area contributed by atoms with Gasteiger partial charge >= 0.3 is 0 Å². The average molecular weight is 420 g/mol. The van der Waals surface area contributed by atoms with E-state index in [0.717, 1.165) is 11.0 Å². The summed E-state index contributed by atoms with van der Waals surface area (Å²) in [5, 5.41) is 22.7. The zero-order chi connectivity index (χ0) is 17.8. The smallest absolute Gasteiger partial charge is 0.269 e. The van der Waals surface area contributed by atoms with Gasteiger partial charge in [-0.15, -0.1) is 0 Å². The van der Waals surface area contributed by atoms with Crippen molar-refractivity contribution in [2.75, 3.05) is 18.5 Å². The Bertz CT molecular complexity index is 924. The molecule has 1 heterocycles. The van der Waals surface area contributed by atoms with Crippen LogP contribution in [0, 0.1) is 10.1 Å². The molecule has 3 rings (SSSR count). The Hall–Kier alpha value is -2.78. The molecule has 0 spiro atoms. The van der Waals surface area contributed by atoms with Crippen molar-refractivity contribution < 1.29 is 31.8 Å². The molecule has 9 heteroatoms. The molecule has 26 heavy (non-hydrogen) atoms. The fourth-order valence-electron chi connectivity index (χ4n) is 2.54. The van der Waals surface area contributed by atoms with Gasteiger partial charge in [0.25, 0.3) is 5.69 Å². The first-order chi connectivity index (χ1) is 12.1. The second kappa shape index (κ2) is 8.54. The number of ketones is 1. The molecule has 8 nitrogen and oxygen atoms in total. The molecule has 136 valence electrons. The van der Waals surface area contributed by atoms with Crippen molar-refractivity contribution in [1.82, 2.24) is 9.55 Å². The summed E-state index contributed by atoms with van der Waals surface area (Å²) in [7, 11) is 0. The average Bonchev–Trinajstić information content (AvgIpc) is 2.97. The molecular formula is C17H16BrN4O4-. The van der Waals surface area contributed by atoms with E-state index < -0.39 is 4.92 Å². The molecule has 0 fully saturated rings. The van der Waals surface area contributed by atoms with Crippen LogP contribution >= 0.6 is 0 Å². The van der Waals surface area contributed by atoms with Gasteiger partial charge in [0.15, 0.2) is 5.78 Å². The molecule has 0 amide bonds. The predicted molar refractivity (Wildman–Crippen MR) is 92.7 cm³/mol. The number of para-hydroxylation sites is 2. The number of hydrogen-bond acceptors (Lipinski definition) is 6. The lowest BCUT2D eigenvalue weighted by Crippen LogP contribution is -3.00. The summed E-state index contributed by atoms with van der Waals surface area (Å²) in [6.45, 7) is 0.292. The third kappa shape index (κ3) is 4.06. The molecule has 1 aromatic heterocycles. The number of aromatic nitrogens is 2. The van der Waals surface area contributed by atoms with E-state index >= 15 is 0 Å². The van der Waals surface area contributed by atoms with E-state index in [2.05, 4.69) is 10.3 Å². The van der Waals surface area contributed by atoms with Gasteiger partial charge in [0.05, 0.1) is 29.1 Å². The molecule has 0 saturated heterocycles. The Morgan fingerprint density at radius 3 is 2.54 bits per heavy atom. The van der Waals surface area contributed by atoms with E-state index in [0.29, 0.717) is 18.1 Å². The number of halogens is 1. The highest BCUT2D eigenvalue weighted by Gasteiger charge is 2.15. The number of nitro benzene ring substituents is 1. The Kier molecular flexibility index (Phi) is 6.42. The van der Waals surface area contributed by atoms with E-state index in [1.54, 1.807) is 4.57 Å². The van der Waals surface area contributed by atoms with Crippen LogP contribution in [0.5, 0.6) is 0 Å². The van der Waals surface area contributed by atoms with Crippen molar-refractivity contribution in [3.05, 3.63) is 64.2 Å². The molecule has 2 aromatic carbocycles. The number of Topliss-reactive ketones (excluding diaryl/α,β-unsaturated/α-hetero) is 1. The normalized spacial score (nSPS) is 10.3. The number of imidazole rings is 1. The molecule has 0 atom stereocenters. The number of aliphatic hydroxyl groups is 1. The quantitative estimate of drug-likeness (QED) is 0.295. The van der Waals surface area contributed by atoms with Crippen LogP contribution in [0.25, 0.3) is 11.0 Å². The molecule has 0 unspecified atom stereocenters. The van der Waals surface area contributed by atoms with Crippen molar-refractivity contribution in [2.45, 2.75) is 6.54 Å². The highest BCUT2D eigenvalue weighted by molar-refractivity contribution is 5.97. The fourth-order valence-corrected chi connectivity index (χ4v) is 2.54. The van der Waals surface area contributed by atoms with Crippen LogP contribution in [0.1, 0.15) is 10.4 Å². The van der Waals surface area contributed by atoms with Crippen LogP contribution in [-0.2, 0) is 6.54 Å². The first-order valence-corrected chi connectivity index (χ1v) is 7.68. The van der Waals surface area contributed by atoms with Crippen molar-refractivity contribution in [2.24, 2.45) is 0 Å². The Morgan fingerprint density at radius 1 is 1.19 bits per heavy atom. The lowest BCUT2D eigenvalue weighted by molar-refractivity contribution is -0.384. The molecule has 0 saturated carbocycles. The second-order valence-electron chi connectivity index (χ2n) is 5.39. The molecule has 3 aromatic rings. The molecule has 0 bridgehead atoms. The fraction of sp³-hybridized carbons (Fsp3) is 0.176. The first-order valence-electron chi connectivity index (χ1n) is 7.68. The van der Waals surface area contributed by atoms with Gasteiger partial charge in [0, 0.05) is 24.2 Å². The number of carbonyl (C=O) groups excluding carboxylic acids is 1. The van der Waals surface area contributed by atoms with Crippen molar-refractivity contribution in [3.8, 4) is 0 Å². The number of benzene rings is 2. The van der Waals surface area contributed by atoms with Crippen molar-refractivity contribution in [1.29, 1.82) is 0 Å². The summed E-state index contributed by atoms with van der Waals surface area (Å²) in [5.41, 5.74) is 1.85. The molecule has 0 aliphatic carbocycles. The summed E-state index contributed by atoms with van der Waals surface area (Å²) in [6, 6.07) is 12.9. The second-order valence-corrected chi connectivity index (χ2v) is 5.39. The number of non-ortho nitro benzene ring substituents is 1. The van der Waals surface area contributed by atoms with E-state index in [9.17, 15) is 14.9 Å². The minimum Gasteiger partial charge on any atom is -1.00 e. The van der Waals surface area contributed by atoms with E-state index in [1.165, 1.54) is 24.3 Å². The molecule has 0 radical (unpaired) electrons. The number of nitrogens with zero attached hydrogens (tertiary/aromatic N) is 3. The van der Waals surface area contributed by atoms with Crippen LogP contribution in [0.15, 0.2) is 48.5 Å². The van der Waals surface area contributed by atoms with E-state index in [-0.39, 0.29) is 41.6 Å². The van der Waals surface area contributed by atoms with Crippen LogP contribution < -0.4 is 22.3 Å². The standard InChI is InChI=1S/C17H16N4O4.BrH/c22-10-9-18-17-19-14-3-1-2-4-15(14)20(17)11-16(23)12-5-7-13(8-6-12)21(24)25;/h1-8,22H,9-11H2,(H,18,19);1H/p-1. The van der Waals surface area contributed by atoms with Gasteiger partial charge in [-0.2, -0.15) is 0 Å². The van der Waals surface area contributed by atoms with Gasteiger partial charge in [0.1, 0.15) is 0 Å². The minimum absolute atomic E-state index is 0. The number of aliphatic hydroxyl groups excluding tert-OH is 1. The van der Waals surface area contributed by atoms with E-state index in [4.69, 9.17) is 5.11 Å². The SMILES string of the molecule is O=C(Cn1c(NCCO)nc2ccccc21)c1ccc([N+](=O)[O-])cc1.[Br-]. The predicted octanol–water partition coefficient (Wildman–Crippen LogP) is -0.764. The van der Waals surface area contributed by atoms with Crippen molar-refractivity contribution >= 4 is 28.5 Å². The Morgan fingerprint density at radius 2 is 1.88 bits per heavy atom. The summed E-state index contributed by atoms with van der Waals surface area (Å²) >= 11 is 0. The monoisotopic (exact) mass is 419 g/mol. The third-order valence-electron chi connectivity index (χ3n) is 3.75. The Balaban J connectivity index is 0.00000243. The number of nitrogens with one attached hydrogen (secondary N) is 1. The van der Waals surface area contributed by atoms with E-state index in [1.807, 2.05) is 24.3 Å². The van der Waals surface area contributed by atoms with Crippen molar-refractivity contribution in [3.63, 3.8) is 0 Å². The molecular weight excluding hydrogens is 404 g/mol. The molecule has 0 aliphatic heterocycles. The summed E-state index contributed by atoms with van der Waals surface area (Å²) in [6.07, 6.45) is 0. The summed E-state index contributed by atoms with van der Waals surface area (Å²) in [4.78, 5) is 27.2. The molecule has 2 N–H and O–H groups in total. The highest BCUT2D eigenvalue weighted by Crippen LogP contribution is 2.21. The lowest BCUT2D eigenvalue weighted by atomic mass is 10.1. The number of hydrogen-bond donors (Lipinski definition) is 2. The van der Waals surface area contributed by atoms with Gasteiger partial charge in [-0.25, -0.2) is 4.98 Å². The highest BCUT2D eigenvalue weighted by atomic mass is 79.9. The lowest BCUT2D eigenvalue weighted by Gasteiger charge is -2.09. The van der Waals surface area contributed by atoms with Gasteiger partial charge in [0.2, 0.25) is 5.95 Å². The van der Waals surface area contributed by atoms with Gasteiger partial charge in [-0.3, -0.25) is 14.9 Å². The first kappa shape index (κ1) is 19.5. The van der Waals surface area contributed by atoms with Gasteiger partial charge < -0.3 is 32.0 Å². The zero-order valence-corrected chi connectivity index (χ0v) is 15.2. The van der Waals surface area contributed by atoms with Crippen LogP contribution in [0.4, 0.5) is 11.6 Å². The topological polar surface area (TPSA) is 110 Å². The number of nitro groups is 1. The number of carbonyl (C=O) groups is 1. The Labute approximate surface area is 159 Å². The third-order valence-corrected chi connectivity index (χ3v) is 3.75. The molecule has 0 aliphatic rings. The van der Waals surface area contributed by atoms with Crippen LogP contribution in [0.3, 0.4) is 0 Å². The number of anilines is 1. The number of rotatable bonds is 7. The summed E-state index contributed by atoms with van der Waals surface area (Å²) < 4.78 is 1.73. The maximum absolute atomic E-state index is 12.6. The zero-order valence-electron chi connectivity index (χ0n) is 13.6. The van der Waals surface area contributed by atoms with Crippen LogP contribution in [0.2, 0.25) is 0 Å². The van der Waals surface area contributed by atoms with Crippen LogP contribution in [-0.4, -0.2) is 38.5 Å². The maximum Gasteiger partial charge on any atom is 0.269 e. The number of fused-ring (bicyclic) bond motifs is 1. The van der Waals surface area contributed by atoms with Gasteiger partial charge in [-0.05, 0) is 24.3 Å². The maximum atomic E-state index is 12.6. The van der Waals surface area contributed by atoms with Gasteiger partial charge in [-0.1, -0.05) is 12.1 Å². The summed E-state index contributed by atoms with van der Waals surface area (Å²) in [5.74, 6) is 0.301. The largest absolute Gasteiger partial charge is 1.00 e. The minimum atomic E-state index is -0.505.